The van der Waals surface area contributed by atoms with Crippen LogP contribution in [0.25, 0.3) is 0 Å². The van der Waals surface area contributed by atoms with Gasteiger partial charge in [0.15, 0.2) is 0 Å². The van der Waals surface area contributed by atoms with Gasteiger partial charge < -0.3 is 10.0 Å². The molecular formula is C12H15NO2. The van der Waals surface area contributed by atoms with Crippen molar-refractivity contribution < 1.29 is 9.90 Å². The first kappa shape index (κ1) is 10.2. The Balaban J connectivity index is 2.01. The lowest BCUT2D eigenvalue weighted by Crippen LogP contribution is -2.60. The maximum atomic E-state index is 11.6. The summed E-state index contributed by atoms with van der Waals surface area (Å²) in [6.07, 6.45) is 0. The van der Waals surface area contributed by atoms with Gasteiger partial charge in [-0.3, -0.25) is 4.79 Å². The van der Waals surface area contributed by atoms with Gasteiger partial charge in [0.1, 0.15) is 0 Å². The molecule has 2 atom stereocenters. The quantitative estimate of drug-likeness (QED) is 0.749. The van der Waals surface area contributed by atoms with Gasteiger partial charge in [-0.25, -0.2) is 0 Å². The van der Waals surface area contributed by atoms with Crippen LogP contribution in [-0.2, 0) is 11.3 Å². The number of carbonyl (C=O) groups excluding carboxylic acids is 1. The third-order valence-corrected chi connectivity index (χ3v) is 3.07. The van der Waals surface area contributed by atoms with Crippen LogP contribution in [0.4, 0.5) is 0 Å². The fourth-order valence-corrected chi connectivity index (χ4v) is 1.99. The molecule has 1 heterocycles. The lowest BCUT2D eigenvalue weighted by atomic mass is 9.89. The van der Waals surface area contributed by atoms with Gasteiger partial charge in [-0.05, 0) is 12.5 Å². The molecule has 0 unspecified atom stereocenters. The molecule has 0 aliphatic carbocycles. The summed E-state index contributed by atoms with van der Waals surface area (Å²) in [5, 5.41) is 8.96. The average molecular weight is 205 g/mol. The van der Waals surface area contributed by atoms with Crippen LogP contribution in [0.3, 0.4) is 0 Å². The monoisotopic (exact) mass is 205 g/mol. The van der Waals surface area contributed by atoms with Gasteiger partial charge in [-0.2, -0.15) is 0 Å². The topological polar surface area (TPSA) is 40.5 Å². The largest absolute Gasteiger partial charge is 0.395 e. The highest BCUT2D eigenvalue weighted by Gasteiger charge is 2.43. The second kappa shape index (κ2) is 4.03. The Morgan fingerprint density at radius 2 is 2.00 bits per heavy atom. The summed E-state index contributed by atoms with van der Waals surface area (Å²) >= 11 is 0. The van der Waals surface area contributed by atoms with Crippen molar-refractivity contribution in [2.75, 3.05) is 6.61 Å². The molecule has 3 heteroatoms. The first-order valence-electron chi connectivity index (χ1n) is 5.19. The Kier molecular flexibility index (Phi) is 2.73. The number of nitrogens with zero attached hydrogens (tertiary/aromatic N) is 1. The van der Waals surface area contributed by atoms with E-state index < -0.39 is 0 Å². The van der Waals surface area contributed by atoms with Gasteiger partial charge in [-0.15, -0.1) is 0 Å². The minimum Gasteiger partial charge on any atom is -0.395 e. The van der Waals surface area contributed by atoms with E-state index in [1.165, 1.54) is 0 Å². The lowest BCUT2D eigenvalue weighted by molar-refractivity contribution is -0.158. The van der Waals surface area contributed by atoms with E-state index in [-0.39, 0.29) is 24.5 Å². The first-order valence-corrected chi connectivity index (χ1v) is 5.19. The molecule has 0 bridgehead atoms. The number of hydrogen-bond donors (Lipinski definition) is 1. The number of aliphatic hydroxyl groups is 1. The smallest absolute Gasteiger partial charge is 0.230 e. The summed E-state index contributed by atoms with van der Waals surface area (Å²) in [5.41, 5.74) is 1.13. The highest BCUT2D eigenvalue weighted by molar-refractivity contribution is 5.85. The molecule has 0 saturated carbocycles. The van der Waals surface area contributed by atoms with Gasteiger partial charge in [0, 0.05) is 12.6 Å². The molecular weight excluding hydrogens is 190 g/mol. The van der Waals surface area contributed by atoms with Gasteiger partial charge >= 0.3 is 0 Å². The molecule has 1 fully saturated rings. The molecule has 1 aliphatic heterocycles. The van der Waals surface area contributed by atoms with Crippen molar-refractivity contribution >= 4 is 5.91 Å². The molecule has 1 aliphatic rings. The van der Waals surface area contributed by atoms with E-state index in [2.05, 4.69) is 0 Å². The summed E-state index contributed by atoms with van der Waals surface area (Å²) in [5.74, 6) is -0.123. The molecule has 1 amide bonds. The second-order valence-corrected chi connectivity index (χ2v) is 3.98. The Bertz CT molecular complexity index is 350. The molecule has 15 heavy (non-hydrogen) atoms. The number of carbonyl (C=O) groups is 1. The van der Waals surface area contributed by atoms with Crippen molar-refractivity contribution in [3.8, 4) is 0 Å². The fourth-order valence-electron chi connectivity index (χ4n) is 1.99. The van der Waals surface area contributed by atoms with Crippen molar-refractivity contribution in [3.05, 3.63) is 35.9 Å². The number of likely N-dealkylation sites (tertiary alicyclic amines) is 1. The van der Waals surface area contributed by atoms with E-state index in [4.69, 9.17) is 5.11 Å². The fraction of sp³-hybridized carbons (Fsp3) is 0.417. The number of β-lactam (4-membered cyclic amide) rings is 1. The average Bonchev–Trinajstić information content (AvgIpc) is 2.28. The number of benzene rings is 1. The predicted octanol–water partition coefficient (Wildman–Crippen LogP) is 1.03. The normalized spacial score (nSPS) is 25.2. The molecule has 3 nitrogen and oxygen atoms in total. The Morgan fingerprint density at radius 3 is 2.53 bits per heavy atom. The summed E-state index contributed by atoms with van der Waals surface area (Å²) in [4.78, 5) is 13.4. The standard InChI is InChI=1S/C12H15NO2/c1-9-11(8-14)12(15)13(9)7-10-5-3-2-4-6-10/h2-6,9,11,14H,7-8H2,1H3/t9-,11-/m1/s1. The molecule has 0 aromatic heterocycles. The van der Waals surface area contributed by atoms with Crippen molar-refractivity contribution in [2.24, 2.45) is 5.92 Å². The number of amides is 1. The first-order chi connectivity index (χ1) is 7.24. The number of rotatable bonds is 3. The van der Waals surface area contributed by atoms with Gasteiger partial charge in [-0.1, -0.05) is 30.3 Å². The number of hydrogen-bond acceptors (Lipinski definition) is 2. The van der Waals surface area contributed by atoms with E-state index in [1.807, 2.05) is 37.3 Å². The van der Waals surface area contributed by atoms with Crippen molar-refractivity contribution in [2.45, 2.75) is 19.5 Å². The van der Waals surface area contributed by atoms with Crippen LogP contribution in [0.5, 0.6) is 0 Å². The third kappa shape index (κ3) is 1.75. The van der Waals surface area contributed by atoms with Gasteiger partial charge in [0.25, 0.3) is 0 Å². The van der Waals surface area contributed by atoms with Crippen molar-refractivity contribution in [1.82, 2.24) is 4.90 Å². The molecule has 1 saturated heterocycles. The van der Waals surface area contributed by atoms with Crippen molar-refractivity contribution in [1.29, 1.82) is 0 Å². The molecule has 0 radical (unpaired) electrons. The van der Waals surface area contributed by atoms with Crippen LogP contribution in [-0.4, -0.2) is 28.6 Å². The Hall–Kier alpha value is -1.35. The Morgan fingerprint density at radius 1 is 1.33 bits per heavy atom. The van der Waals surface area contributed by atoms with Gasteiger partial charge in [0.2, 0.25) is 5.91 Å². The maximum absolute atomic E-state index is 11.6. The zero-order valence-electron chi connectivity index (χ0n) is 8.76. The highest BCUT2D eigenvalue weighted by Crippen LogP contribution is 2.27. The summed E-state index contributed by atoms with van der Waals surface area (Å²) in [7, 11) is 0. The van der Waals surface area contributed by atoms with Crippen LogP contribution in [0.1, 0.15) is 12.5 Å². The SMILES string of the molecule is C[C@@H]1[C@@H](CO)C(=O)N1Cc1ccccc1. The number of aliphatic hydroxyl groups excluding tert-OH is 1. The van der Waals surface area contributed by atoms with Crippen LogP contribution < -0.4 is 0 Å². The minimum atomic E-state index is -0.186. The molecule has 1 aromatic rings. The maximum Gasteiger partial charge on any atom is 0.230 e. The van der Waals surface area contributed by atoms with Crippen LogP contribution >= 0.6 is 0 Å². The van der Waals surface area contributed by atoms with E-state index in [0.717, 1.165) is 5.56 Å². The minimum absolute atomic E-state index is 0.0364. The third-order valence-electron chi connectivity index (χ3n) is 3.07. The zero-order valence-corrected chi connectivity index (χ0v) is 8.76. The zero-order chi connectivity index (χ0) is 10.8. The molecule has 80 valence electrons. The molecule has 1 N–H and O–H groups in total. The van der Waals surface area contributed by atoms with Crippen molar-refractivity contribution in [3.63, 3.8) is 0 Å². The van der Waals surface area contributed by atoms with E-state index >= 15 is 0 Å². The highest BCUT2D eigenvalue weighted by atomic mass is 16.3. The van der Waals surface area contributed by atoms with E-state index in [0.29, 0.717) is 6.54 Å². The lowest BCUT2D eigenvalue weighted by Gasteiger charge is -2.44. The second-order valence-electron chi connectivity index (χ2n) is 3.98. The van der Waals surface area contributed by atoms with E-state index in [1.54, 1.807) is 4.90 Å². The molecule has 2 rings (SSSR count). The predicted molar refractivity (Wildman–Crippen MR) is 57.0 cm³/mol. The van der Waals surface area contributed by atoms with Crippen LogP contribution in [0.15, 0.2) is 30.3 Å². The molecule has 0 spiro atoms. The molecule has 1 aromatic carbocycles. The summed E-state index contributed by atoms with van der Waals surface area (Å²) in [6, 6.07) is 10.1. The van der Waals surface area contributed by atoms with E-state index in [9.17, 15) is 4.79 Å². The summed E-state index contributed by atoms with van der Waals surface area (Å²) < 4.78 is 0. The Labute approximate surface area is 89.3 Å². The van der Waals surface area contributed by atoms with Gasteiger partial charge in [0.05, 0.1) is 12.5 Å². The van der Waals surface area contributed by atoms with Crippen LogP contribution in [0.2, 0.25) is 0 Å². The van der Waals surface area contributed by atoms with Crippen LogP contribution in [0, 0.1) is 5.92 Å². The summed E-state index contributed by atoms with van der Waals surface area (Å²) in [6.45, 7) is 2.59.